The van der Waals surface area contributed by atoms with E-state index in [1.54, 1.807) is 24.4 Å². The van der Waals surface area contributed by atoms with E-state index < -0.39 is 0 Å². The van der Waals surface area contributed by atoms with E-state index in [1.165, 1.54) is 12.6 Å². The first-order valence-corrected chi connectivity index (χ1v) is 11.6. The summed E-state index contributed by atoms with van der Waals surface area (Å²) >= 11 is 12.3. The Morgan fingerprint density at radius 3 is 2.69 bits per heavy atom. The number of halogens is 2. The molecule has 4 bridgehead atoms. The van der Waals surface area contributed by atoms with Gasteiger partial charge in [0.05, 0.1) is 15.5 Å². The lowest BCUT2D eigenvalue weighted by molar-refractivity contribution is -0.385. The van der Waals surface area contributed by atoms with Gasteiger partial charge in [0.2, 0.25) is 11.7 Å². The van der Waals surface area contributed by atoms with Crippen LogP contribution in [-0.4, -0.2) is 24.8 Å². The van der Waals surface area contributed by atoms with Crippen molar-refractivity contribution in [1.29, 1.82) is 0 Å². The number of hydrogen-bond acceptors (Lipinski definition) is 6. The molecule has 0 radical (unpaired) electrons. The summed E-state index contributed by atoms with van der Waals surface area (Å²) in [5, 5.41) is 20.8. The molecule has 1 aromatic carbocycles. The molecule has 0 spiro atoms. The normalized spacial score (nSPS) is 30.7. The van der Waals surface area contributed by atoms with Gasteiger partial charge < -0.3 is 4.52 Å². The molecule has 0 amide bonds. The quantitative estimate of drug-likeness (QED) is 0.348. The molecule has 0 N–H and O–H groups in total. The molecule has 0 saturated heterocycles. The van der Waals surface area contributed by atoms with Crippen molar-refractivity contribution in [3.8, 4) is 11.4 Å². The van der Waals surface area contributed by atoms with Crippen LogP contribution in [0.4, 0.5) is 5.69 Å². The lowest BCUT2D eigenvalue weighted by atomic mass is 9.46. The smallest absolute Gasteiger partial charge is 0.307 e. The first-order chi connectivity index (χ1) is 15.3. The predicted octanol–water partition coefficient (Wildman–Crippen LogP) is 5.69. The molecule has 4 saturated carbocycles. The summed E-state index contributed by atoms with van der Waals surface area (Å²) < 4.78 is 7.53. The van der Waals surface area contributed by atoms with Gasteiger partial charge in [-0.15, -0.1) is 0 Å². The van der Waals surface area contributed by atoms with Gasteiger partial charge in [-0.2, -0.15) is 10.1 Å². The highest BCUT2D eigenvalue weighted by molar-refractivity contribution is 6.36. The van der Waals surface area contributed by atoms with Crippen LogP contribution in [0.5, 0.6) is 0 Å². The van der Waals surface area contributed by atoms with E-state index in [1.807, 2.05) is 4.68 Å². The maximum atomic E-state index is 11.2. The maximum absolute atomic E-state index is 11.2. The Balaban J connectivity index is 1.30. The highest BCUT2D eigenvalue weighted by atomic mass is 35.5. The molecule has 4 aliphatic rings. The Morgan fingerprint density at radius 1 is 1.22 bits per heavy atom. The molecule has 2 aromatic heterocycles. The van der Waals surface area contributed by atoms with Crippen molar-refractivity contribution < 1.29 is 9.45 Å². The van der Waals surface area contributed by atoms with E-state index in [-0.39, 0.29) is 21.6 Å². The molecule has 2 unspecified atom stereocenters. The van der Waals surface area contributed by atoms with Gasteiger partial charge in [-0.1, -0.05) is 28.4 Å². The van der Waals surface area contributed by atoms with Crippen LogP contribution in [0, 0.1) is 27.4 Å². The summed E-state index contributed by atoms with van der Waals surface area (Å²) in [6, 6.07) is 5.22. The zero-order valence-corrected chi connectivity index (χ0v) is 18.7. The minimum atomic E-state index is -0.373. The Hall–Kier alpha value is -2.45. The van der Waals surface area contributed by atoms with Crippen LogP contribution in [0.3, 0.4) is 0 Å². The average Bonchev–Trinajstić information content (AvgIpc) is 3.37. The summed E-state index contributed by atoms with van der Waals surface area (Å²) in [6.45, 7) is 0. The predicted molar refractivity (Wildman–Crippen MR) is 117 cm³/mol. The summed E-state index contributed by atoms with van der Waals surface area (Å²) in [6.07, 6.45) is 10.1. The van der Waals surface area contributed by atoms with Gasteiger partial charge in [0.1, 0.15) is 12.4 Å². The highest BCUT2D eigenvalue weighted by Gasteiger charge is 2.59. The van der Waals surface area contributed by atoms with Gasteiger partial charge in [-0.3, -0.25) is 14.8 Å². The monoisotopic (exact) mass is 473 g/mol. The second-order valence-electron chi connectivity index (χ2n) is 9.90. The number of nitrogens with zero attached hydrogens (tertiary/aromatic N) is 5. The zero-order chi connectivity index (χ0) is 22.1. The Labute approximate surface area is 194 Å². The van der Waals surface area contributed by atoms with Crippen LogP contribution in [0.2, 0.25) is 10.0 Å². The highest BCUT2D eigenvalue weighted by Crippen LogP contribution is 2.65. The Bertz CT molecular complexity index is 1210. The second-order valence-corrected chi connectivity index (χ2v) is 10.7. The van der Waals surface area contributed by atoms with Crippen molar-refractivity contribution in [1.82, 2.24) is 19.9 Å². The van der Waals surface area contributed by atoms with E-state index in [0.717, 1.165) is 32.1 Å². The molecule has 4 fully saturated rings. The van der Waals surface area contributed by atoms with Gasteiger partial charge in [0, 0.05) is 17.0 Å². The third-order valence-corrected chi connectivity index (χ3v) is 8.13. The molecule has 2 atom stereocenters. The molecule has 32 heavy (non-hydrogen) atoms. The van der Waals surface area contributed by atoms with Crippen LogP contribution in [0.25, 0.3) is 11.4 Å². The lowest BCUT2D eigenvalue weighted by Crippen LogP contribution is -2.57. The molecule has 8 nitrogen and oxygen atoms in total. The molecule has 10 heteroatoms. The van der Waals surface area contributed by atoms with Crippen molar-refractivity contribution >= 4 is 28.9 Å². The maximum Gasteiger partial charge on any atom is 0.307 e. The standard InChI is InChI=1S/C22H21Cl2N5O3/c23-15-1-2-17(18(24)4-15)20-26-19(32-27-20)9-21-5-13-3-14(6-21)8-22(7-13,12-21)28-11-16(10-25-28)29(30)31/h1-2,4,10-11,13-14H,3,5-9,12H2. The molecule has 3 aromatic rings. The van der Waals surface area contributed by atoms with Gasteiger partial charge in [-0.05, 0) is 74.0 Å². The van der Waals surface area contributed by atoms with E-state index in [2.05, 4.69) is 15.2 Å². The molecule has 7 rings (SSSR count). The first kappa shape index (κ1) is 20.2. The van der Waals surface area contributed by atoms with Gasteiger partial charge >= 0.3 is 5.69 Å². The van der Waals surface area contributed by atoms with Gasteiger partial charge in [-0.25, -0.2) is 0 Å². The molecule has 4 aliphatic carbocycles. The third kappa shape index (κ3) is 3.23. The summed E-state index contributed by atoms with van der Waals surface area (Å²) in [5.74, 6) is 2.25. The lowest BCUT2D eigenvalue weighted by Gasteiger charge is -2.61. The molecule has 2 heterocycles. The second kappa shape index (κ2) is 7.02. The summed E-state index contributed by atoms with van der Waals surface area (Å²) in [4.78, 5) is 15.5. The minimum Gasteiger partial charge on any atom is -0.339 e. The van der Waals surface area contributed by atoms with E-state index in [4.69, 9.17) is 27.7 Å². The molecular formula is C22H21Cl2N5O3. The van der Waals surface area contributed by atoms with Gasteiger partial charge in [0.15, 0.2) is 0 Å². The number of rotatable bonds is 5. The van der Waals surface area contributed by atoms with Crippen molar-refractivity contribution in [2.24, 2.45) is 17.3 Å². The average molecular weight is 474 g/mol. The van der Waals surface area contributed by atoms with Crippen molar-refractivity contribution in [3.63, 3.8) is 0 Å². The van der Waals surface area contributed by atoms with Crippen molar-refractivity contribution in [2.45, 2.75) is 50.5 Å². The first-order valence-electron chi connectivity index (χ1n) is 10.8. The topological polar surface area (TPSA) is 99.9 Å². The Morgan fingerprint density at radius 2 is 2.00 bits per heavy atom. The zero-order valence-electron chi connectivity index (χ0n) is 17.2. The van der Waals surface area contributed by atoms with Crippen LogP contribution in [0.15, 0.2) is 35.1 Å². The SMILES string of the molecule is O=[N+]([O-])c1cnn(C23CC4CC(CC(Cc5nc(-c6ccc(Cl)cc6Cl)no5)(C4)C2)C3)c1. The van der Waals surface area contributed by atoms with Crippen LogP contribution < -0.4 is 0 Å². The molecular weight excluding hydrogens is 453 g/mol. The van der Waals surface area contributed by atoms with Crippen LogP contribution in [-0.2, 0) is 12.0 Å². The van der Waals surface area contributed by atoms with Crippen molar-refractivity contribution in [2.75, 3.05) is 0 Å². The fraction of sp³-hybridized carbons (Fsp3) is 0.500. The van der Waals surface area contributed by atoms with E-state index >= 15 is 0 Å². The van der Waals surface area contributed by atoms with Crippen molar-refractivity contribution in [3.05, 3.63) is 56.6 Å². The largest absolute Gasteiger partial charge is 0.339 e. The van der Waals surface area contributed by atoms with Crippen LogP contribution in [0.1, 0.15) is 44.4 Å². The van der Waals surface area contributed by atoms with Crippen LogP contribution >= 0.6 is 23.2 Å². The Kier molecular flexibility index (Phi) is 4.43. The number of aromatic nitrogens is 4. The fourth-order valence-electron chi connectivity index (χ4n) is 6.97. The van der Waals surface area contributed by atoms with E-state index in [9.17, 15) is 10.1 Å². The third-order valence-electron chi connectivity index (χ3n) is 7.58. The van der Waals surface area contributed by atoms with E-state index in [0.29, 0.717) is 45.6 Å². The molecule has 0 aliphatic heterocycles. The summed E-state index contributed by atoms with van der Waals surface area (Å²) in [7, 11) is 0. The van der Waals surface area contributed by atoms with Gasteiger partial charge in [0.25, 0.3) is 0 Å². The number of benzene rings is 1. The fourth-order valence-corrected chi connectivity index (χ4v) is 7.46. The number of hydrogen-bond donors (Lipinski definition) is 0. The molecule has 166 valence electrons. The minimum absolute atomic E-state index is 0.0401. The number of nitro groups is 1. The summed E-state index contributed by atoms with van der Waals surface area (Å²) in [5.41, 5.74) is 0.618.